The molecule has 1 aliphatic heterocycles. The summed E-state index contributed by atoms with van der Waals surface area (Å²) < 4.78 is 7.37. The molecule has 162 valence electrons. The summed E-state index contributed by atoms with van der Waals surface area (Å²) in [6.07, 6.45) is 4.84. The van der Waals surface area contributed by atoms with Crippen LogP contribution in [-0.4, -0.2) is 68.5 Å². The average molecular weight is 408 g/mol. The fraction of sp³-hybridized carbons (Fsp3) is 0.700. The average Bonchev–Trinajstić information content (AvgIpc) is 3.25. The minimum absolute atomic E-state index is 0.151. The second-order valence-corrected chi connectivity index (χ2v) is 8.33. The van der Waals surface area contributed by atoms with Gasteiger partial charge in [-0.2, -0.15) is 0 Å². The first kappa shape index (κ1) is 22.9. The number of imidazole rings is 1. The molecule has 1 fully saturated rings. The van der Waals surface area contributed by atoms with Gasteiger partial charge in [0, 0.05) is 39.5 Å². The van der Waals surface area contributed by atoms with Crippen molar-refractivity contribution < 1.29 is 19.1 Å². The van der Waals surface area contributed by atoms with Crippen LogP contribution in [0.15, 0.2) is 12.4 Å². The Balaban J connectivity index is 1.97. The van der Waals surface area contributed by atoms with E-state index in [2.05, 4.69) is 10.3 Å². The molecule has 0 spiro atoms. The third kappa shape index (κ3) is 6.56. The number of likely N-dealkylation sites (tertiary alicyclic amines) is 1. The number of hydrogen-bond donors (Lipinski definition) is 1. The quantitative estimate of drug-likeness (QED) is 0.691. The molecular formula is C20H33N5O4. The van der Waals surface area contributed by atoms with E-state index in [0.29, 0.717) is 32.5 Å². The summed E-state index contributed by atoms with van der Waals surface area (Å²) in [5.74, 6) is 0.394. The highest BCUT2D eigenvalue weighted by Gasteiger charge is 2.38. The molecule has 1 atom stereocenters. The Kier molecular flexibility index (Phi) is 7.78. The zero-order chi connectivity index (χ0) is 21.6. The number of carbonyl (C=O) groups excluding carboxylic acids is 3. The Bertz CT molecular complexity index is 725. The van der Waals surface area contributed by atoms with Crippen molar-refractivity contribution in [1.82, 2.24) is 24.7 Å². The standard InChI is InChI=1S/C20H33N5O4/c1-15(26)24-11-6-8-16(24)18(27)25(19(28)29-20(2,3)4)12-7-9-21-14-17-22-10-13-23(17)5/h10,13,16,21H,6-9,11-12,14H2,1-5H3. The van der Waals surface area contributed by atoms with Crippen molar-refractivity contribution in [1.29, 1.82) is 0 Å². The van der Waals surface area contributed by atoms with Gasteiger partial charge >= 0.3 is 6.09 Å². The fourth-order valence-electron chi connectivity index (χ4n) is 3.32. The van der Waals surface area contributed by atoms with Gasteiger partial charge in [-0.15, -0.1) is 0 Å². The van der Waals surface area contributed by atoms with Crippen LogP contribution < -0.4 is 5.32 Å². The van der Waals surface area contributed by atoms with Crippen molar-refractivity contribution in [2.24, 2.45) is 7.05 Å². The minimum Gasteiger partial charge on any atom is -0.443 e. The molecule has 0 radical (unpaired) electrons. The van der Waals surface area contributed by atoms with Gasteiger partial charge in [0.2, 0.25) is 5.91 Å². The molecule has 0 aromatic carbocycles. The summed E-state index contributed by atoms with van der Waals surface area (Å²) in [5, 5.41) is 3.27. The number of aromatic nitrogens is 2. The third-order valence-corrected chi connectivity index (χ3v) is 4.76. The van der Waals surface area contributed by atoms with Gasteiger partial charge in [0.25, 0.3) is 5.91 Å². The van der Waals surface area contributed by atoms with Gasteiger partial charge in [0.15, 0.2) is 0 Å². The van der Waals surface area contributed by atoms with Crippen LogP contribution in [-0.2, 0) is 27.9 Å². The molecule has 1 aliphatic rings. The van der Waals surface area contributed by atoms with E-state index in [1.165, 1.54) is 6.92 Å². The lowest BCUT2D eigenvalue weighted by Crippen LogP contribution is -2.51. The lowest BCUT2D eigenvalue weighted by molar-refractivity contribution is -0.142. The highest BCUT2D eigenvalue weighted by molar-refractivity contribution is 5.97. The van der Waals surface area contributed by atoms with Gasteiger partial charge in [-0.1, -0.05) is 0 Å². The van der Waals surface area contributed by atoms with Crippen LogP contribution in [0.5, 0.6) is 0 Å². The molecule has 29 heavy (non-hydrogen) atoms. The number of rotatable bonds is 7. The predicted octanol–water partition coefficient (Wildman–Crippen LogP) is 1.67. The maximum Gasteiger partial charge on any atom is 0.417 e. The van der Waals surface area contributed by atoms with E-state index < -0.39 is 17.7 Å². The lowest BCUT2D eigenvalue weighted by atomic mass is 10.2. The Morgan fingerprint density at radius 2 is 2.07 bits per heavy atom. The van der Waals surface area contributed by atoms with Gasteiger partial charge < -0.3 is 19.5 Å². The van der Waals surface area contributed by atoms with Crippen molar-refractivity contribution in [3.63, 3.8) is 0 Å². The summed E-state index contributed by atoms with van der Waals surface area (Å²) in [5.41, 5.74) is -0.706. The van der Waals surface area contributed by atoms with Crippen LogP contribution in [0, 0.1) is 0 Å². The van der Waals surface area contributed by atoms with E-state index in [4.69, 9.17) is 4.74 Å². The number of nitrogens with zero attached hydrogens (tertiary/aromatic N) is 4. The molecule has 9 heteroatoms. The van der Waals surface area contributed by atoms with Crippen LogP contribution in [0.4, 0.5) is 4.79 Å². The van der Waals surface area contributed by atoms with Crippen LogP contribution in [0.2, 0.25) is 0 Å². The minimum atomic E-state index is -0.706. The molecule has 9 nitrogen and oxygen atoms in total. The molecule has 1 aromatic heterocycles. The number of ether oxygens (including phenoxy) is 1. The molecule has 1 aromatic rings. The largest absolute Gasteiger partial charge is 0.443 e. The molecule has 3 amide bonds. The first-order valence-electron chi connectivity index (χ1n) is 10.1. The topological polar surface area (TPSA) is 96.8 Å². The SMILES string of the molecule is CC(=O)N1CCCC1C(=O)N(CCCNCc1nccn1C)C(=O)OC(C)(C)C. The molecule has 1 N–H and O–H groups in total. The van der Waals surface area contributed by atoms with E-state index in [1.807, 2.05) is 17.8 Å². The predicted molar refractivity (Wildman–Crippen MR) is 108 cm³/mol. The van der Waals surface area contributed by atoms with Crippen molar-refractivity contribution in [2.45, 2.75) is 65.1 Å². The van der Waals surface area contributed by atoms with Crippen LogP contribution in [0.25, 0.3) is 0 Å². The number of aryl methyl sites for hydroxylation is 1. The first-order valence-corrected chi connectivity index (χ1v) is 10.1. The smallest absolute Gasteiger partial charge is 0.417 e. The Morgan fingerprint density at radius 3 is 2.66 bits per heavy atom. The molecule has 1 unspecified atom stereocenters. The maximum absolute atomic E-state index is 13.1. The molecular weight excluding hydrogens is 374 g/mol. The summed E-state index contributed by atoms with van der Waals surface area (Å²) in [6.45, 7) is 8.72. The molecule has 0 aliphatic carbocycles. The Morgan fingerprint density at radius 1 is 1.34 bits per heavy atom. The van der Waals surface area contributed by atoms with Crippen molar-refractivity contribution >= 4 is 17.9 Å². The van der Waals surface area contributed by atoms with Gasteiger partial charge in [-0.05, 0) is 46.6 Å². The summed E-state index contributed by atoms with van der Waals surface area (Å²) in [7, 11) is 1.93. The summed E-state index contributed by atoms with van der Waals surface area (Å²) in [4.78, 5) is 44.5. The number of nitrogens with one attached hydrogen (secondary N) is 1. The Labute approximate surface area is 172 Å². The van der Waals surface area contributed by atoms with Crippen LogP contribution in [0.3, 0.4) is 0 Å². The van der Waals surface area contributed by atoms with Crippen LogP contribution in [0.1, 0.15) is 52.8 Å². The van der Waals surface area contributed by atoms with E-state index >= 15 is 0 Å². The number of amides is 3. The molecule has 2 rings (SSSR count). The first-order chi connectivity index (χ1) is 13.6. The number of carbonyl (C=O) groups is 3. The van der Waals surface area contributed by atoms with Crippen molar-refractivity contribution in [3.05, 3.63) is 18.2 Å². The third-order valence-electron chi connectivity index (χ3n) is 4.76. The monoisotopic (exact) mass is 407 g/mol. The van der Waals surface area contributed by atoms with Crippen molar-refractivity contribution in [2.75, 3.05) is 19.6 Å². The van der Waals surface area contributed by atoms with Gasteiger partial charge in [-0.3, -0.25) is 9.59 Å². The Hall–Kier alpha value is -2.42. The molecule has 1 saturated heterocycles. The second-order valence-electron chi connectivity index (χ2n) is 8.33. The highest BCUT2D eigenvalue weighted by Crippen LogP contribution is 2.21. The normalized spacial score (nSPS) is 16.7. The lowest BCUT2D eigenvalue weighted by Gasteiger charge is -2.30. The highest BCUT2D eigenvalue weighted by atomic mass is 16.6. The zero-order valence-corrected chi connectivity index (χ0v) is 18.1. The van der Waals surface area contributed by atoms with E-state index in [1.54, 1.807) is 31.9 Å². The van der Waals surface area contributed by atoms with E-state index in [9.17, 15) is 14.4 Å². The van der Waals surface area contributed by atoms with Crippen LogP contribution >= 0.6 is 0 Å². The second kappa shape index (κ2) is 9.87. The van der Waals surface area contributed by atoms with Gasteiger partial charge in [0.1, 0.15) is 17.5 Å². The van der Waals surface area contributed by atoms with E-state index in [0.717, 1.165) is 17.1 Å². The van der Waals surface area contributed by atoms with E-state index in [-0.39, 0.29) is 18.4 Å². The number of imide groups is 1. The fourth-order valence-corrected chi connectivity index (χ4v) is 3.32. The number of hydrogen-bond acceptors (Lipinski definition) is 6. The van der Waals surface area contributed by atoms with Gasteiger partial charge in [0.05, 0.1) is 6.54 Å². The summed E-state index contributed by atoms with van der Waals surface area (Å²) in [6, 6.07) is -0.597. The molecule has 0 bridgehead atoms. The maximum atomic E-state index is 13.1. The summed E-state index contributed by atoms with van der Waals surface area (Å²) >= 11 is 0. The zero-order valence-electron chi connectivity index (χ0n) is 18.1. The van der Waals surface area contributed by atoms with Crippen molar-refractivity contribution in [3.8, 4) is 0 Å². The molecule has 2 heterocycles. The van der Waals surface area contributed by atoms with Gasteiger partial charge in [-0.25, -0.2) is 14.7 Å². The molecule has 0 saturated carbocycles.